The Bertz CT molecular complexity index is 422. The molecule has 1 aliphatic heterocycles. The van der Waals surface area contributed by atoms with Crippen LogP contribution in [0.4, 0.5) is 0 Å². The topological polar surface area (TPSA) is 50.7 Å². The lowest BCUT2D eigenvalue weighted by Crippen LogP contribution is -2.29. The summed E-state index contributed by atoms with van der Waals surface area (Å²) in [7, 11) is 1.59. The van der Waals surface area contributed by atoms with Gasteiger partial charge in [0, 0.05) is 30.8 Å². The van der Waals surface area contributed by atoms with E-state index in [9.17, 15) is 5.11 Å². The van der Waals surface area contributed by atoms with Crippen molar-refractivity contribution in [1.29, 1.82) is 0 Å². The van der Waals surface area contributed by atoms with Gasteiger partial charge in [-0.3, -0.25) is 0 Å². The Balaban J connectivity index is 1.94. The minimum atomic E-state index is 0.110. The van der Waals surface area contributed by atoms with Gasteiger partial charge in [0.15, 0.2) is 0 Å². The highest BCUT2D eigenvalue weighted by Crippen LogP contribution is 2.29. The second-order valence-electron chi connectivity index (χ2n) is 5.18. The maximum atomic E-state index is 9.99. The third-order valence-electron chi connectivity index (χ3n) is 3.92. The van der Waals surface area contributed by atoms with E-state index in [1.54, 1.807) is 13.2 Å². The second-order valence-corrected chi connectivity index (χ2v) is 5.18. The number of ether oxygens (including phenoxy) is 2. The van der Waals surface area contributed by atoms with Gasteiger partial charge in [-0.1, -0.05) is 6.07 Å². The van der Waals surface area contributed by atoms with E-state index in [-0.39, 0.29) is 11.8 Å². The zero-order valence-electron chi connectivity index (χ0n) is 11.8. The molecule has 3 atom stereocenters. The lowest BCUT2D eigenvalue weighted by molar-refractivity contribution is 0.105. The fraction of sp³-hybridized carbons (Fsp3) is 0.600. The summed E-state index contributed by atoms with van der Waals surface area (Å²) in [4.78, 5) is 0. The van der Waals surface area contributed by atoms with Crippen LogP contribution in [0.1, 0.15) is 31.9 Å². The molecule has 1 aliphatic rings. The fourth-order valence-corrected chi connectivity index (χ4v) is 2.50. The largest absolute Gasteiger partial charge is 0.507 e. The molecular weight excluding hydrogens is 242 g/mol. The molecule has 0 amide bonds. The summed E-state index contributed by atoms with van der Waals surface area (Å²) in [6.07, 6.45) is 1.43. The van der Waals surface area contributed by atoms with Gasteiger partial charge in [-0.05, 0) is 32.3 Å². The van der Waals surface area contributed by atoms with Gasteiger partial charge in [-0.2, -0.15) is 0 Å². The monoisotopic (exact) mass is 265 g/mol. The molecular formula is C15H23NO3. The van der Waals surface area contributed by atoms with Crippen molar-refractivity contribution in [3.63, 3.8) is 0 Å². The number of nitrogens with one attached hydrogen (secondary N) is 1. The molecule has 2 rings (SSSR count). The molecule has 0 saturated carbocycles. The third kappa shape index (κ3) is 3.39. The summed E-state index contributed by atoms with van der Waals surface area (Å²) in [5, 5.41) is 13.5. The number of hydrogen-bond acceptors (Lipinski definition) is 4. The van der Waals surface area contributed by atoms with E-state index in [2.05, 4.69) is 19.2 Å². The summed E-state index contributed by atoms with van der Waals surface area (Å²) < 4.78 is 10.6. The van der Waals surface area contributed by atoms with Crippen molar-refractivity contribution in [2.24, 2.45) is 5.92 Å². The van der Waals surface area contributed by atoms with E-state index in [0.29, 0.717) is 17.8 Å². The van der Waals surface area contributed by atoms with Crippen molar-refractivity contribution in [2.75, 3.05) is 20.3 Å². The molecule has 1 aromatic rings. The second kappa shape index (κ2) is 6.26. The van der Waals surface area contributed by atoms with Gasteiger partial charge in [-0.25, -0.2) is 0 Å². The van der Waals surface area contributed by atoms with Crippen LogP contribution in [0.3, 0.4) is 0 Å². The molecule has 1 aromatic carbocycles. The van der Waals surface area contributed by atoms with Crippen LogP contribution in [0, 0.1) is 5.92 Å². The lowest BCUT2D eigenvalue weighted by Gasteiger charge is -2.20. The maximum Gasteiger partial charge on any atom is 0.124 e. The predicted molar refractivity (Wildman–Crippen MR) is 74.6 cm³/mol. The predicted octanol–water partition coefficient (Wildman–Crippen LogP) is 2.48. The first-order valence-corrected chi connectivity index (χ1v) is 6.83. The standard InChI is InChI=1S/C15H23NO3/c1-10(16-9-12-6-7-19-11(12)2)14-5-4-13(18-3)8-15(14)17/h4-5,8,10-12,16-17H,6-7,9H2,1-3H3. The normalized spacial score (nSPS) is 24.4. The number of hydrogen-bond donors (Lipinski definition) is 2. The summed E-state index contributed by atoms with van der Waals surface area (Å²) in [5.74, 6) is 1.50. The van der Waals surface area contributed by atoms with Crippen LogP contribution in [-0.2, 0) is 4.74 Å². The molecule has 1 heterocycles. The van der Waals surface area contributed by atoms with Crippen molar-refractivity contribution >= 4 is 0 Å². The zero-order valence-corrected chi connectivity index (χ0v) is 11.8. The summed E-state index contributed by atoms with van der Waals surface area (Å²) >= 11 is 0. The van der Waals surface area contributed by atoms with E-state index in [1.165, 1.54) is 0 Å². The Morgan fingerprint density at radius 2 is 2.32 bits per heavy atom. The lowest BCUT2D eigenvalue weighted by atomic mass is 10.0. The Hall–Kier alpha value is -1.26. The number of phenolic OH excluding ortho intramolecular Hbond substituents is 1. The Morgan fingerprint density at radius 1 is 1.53 bits per heavy atom. The number of rotatable bonds is 5. The average molecular weight is 265 g/mol. The Morgan fingerprint density at radius 3 is 2.89 bits per heavy atom. The summed E-state index contributed by atoms with van der Waals surface area (Å²) in [6, 6.07) is 5.53. The van der Waals surface area contributed by atoms with Gasteiger partial charge < -0.3 is 19.9 Å². The van der Waals surface area contributed by atoms with Gasteiger partial charge >= 0.3 is 0 Å². The molecule has 0 bridgehead atoms. The van der Waals surface area contributed by atoms with Crippen LogP contribution >= 0.6 is 0 Å². The van der Waals surface area contributed by atoms with Crippen LogP contribution < -0.4 is 10.1 Å². The van der Waals surface area contributed by atoms with Crippen LogP contribution in [-0.4, -0.2) is 31.5 Å². The molecule has 1 fully saturated rings. The molecule has 0 aliphatic carbocycles. The van der Waals surface area contributed by atoms with E-state index in [4.69, 9.17) is 9.47 Å². The fourth-order valence-electron chi connectivity index (χ4n) is 2.50. The van der Waals surface area contributed by atoms with Gasteiger partial charge in [0.25, 0.3) is 0 Å². The Labute approximate surface area is 114 Å². The third-order valence-corrected chi connectivity index (χ3v) is 3.92. The van der Waals surface area contributed by atoms with Crippen molar-refractivity contribution in [3.8, 4) is 11.5 Å². The highest BCUT2D eigenvalue weighted by Gasteiger charge is 2.24. The molecule has 2 N–H and O–H groups in total. The van der Waals surface area contributed by atoms with Crippen LogP contribution in [0.25, 0.3) is 0 Å². The first-order valence-electron chi connectivity index (χ1n) is 6.83. The number of methoxy groups -OCH3 is 1. The smallest absolute Gasteiger partial charge is 0.124 e. The summed E-state index contributed by atoms with van der Waals surface area (Å²) in [5.41, 5.74) is 0.896. The summed E-state index contributed by atoms with van der Waals surface area (Å²) in [6.45, 7) is 5.94. The molecule has 19 heavy (non-hydrogen) atoms. The van der Waals surface area contributed by atoms with Crippen LogP contribution in [0.2, 0.25) is 0 Å². The number of aromatic hydroxyl groups is 1. The highest BCUT2D eigenvalue weighted by atomic mass is 16.5. The highest BCUT2D eigenvalue weighted by molar-refractivity contribution is 5.41. The zero-order chi connectivity index (χ0) is 13.8. The van der Waals surface area contributed by atoms with Crippen LogP contribution in [0.5, 0.6) is 11.5 Å². The van der Waals surface area contributed by atoms with Gasteiger partial charge in [0.1, 0.15) is 11.5 Å². The molecule has 1 saturated heterocycles. The molecule has 4 nitrogen and oxygen atoms in total. The van der Waals surface area contributed by atoms with E-state index in [1.807, 2.05) is 12.1 Å². The quantitative estimate of drug-likeness (QED) is 0.858. The van der Waals surface area contributed by atoms with E-state index < -0.39 is 0 Å². The van der Waals surface area contributed by atoms with Crippen molar-refractivity contribution in [2.45, 2.75) is 32.4 Å². The first-order chi connectivity index (χ1) is 9.11. The van der Waals surface area contributed by atoms with E-state index in [0.717, 1.165) is 25.1 Å². The molecule has 0 aromatic heterocycles. The maximum absolute atomic E-state index is 9.99. The van der Waals surface area contributed by atoms with Crippen molar-refractivity contribution < 1.29 is 14.6 Å². The average Bonchev–Trinajstić information content (AvgIpc) is 2.81. The molecule has 106 valence electrons. The minimum absolute atomic E-state index is 0.110. The molecule has 0 radical (unpaired) electrons. The number of phenols is 1. The first kappa shape index (κ1) is 14.2. The molecule has 3 unspecified atom stereocenters. The van der Waals surface area contributed by atoms with E-state index >= 15 is 0 Å². The van der Waals surface area contributed by atoms with Gasteiger partial charge in [0.05, 0.1) is 13.2 Å². The van der Waals surface area contributed by atoms with Crippen LogP contribution in [0.15, 0.2) is 18.2 Å². The Kier molecular flexibility index (Phi) is 4.66. The minimum Gasteiger partial charge on any atom is -0.507 e. The molecule has 4 heteroatoms. The van der Waals surface area contributed by atoms with Gasteiger partial charge in [-0.15, -0.1) is 0 Å². The number of benzene rings is 1. The SMILES string of the molecule is COc1ccc(C(C)NCC2CCOC2C)c(O)c1. The van der Waals surface area contributed by atoms with Crippen molar-refractivity contribution in [1.82, 2.24) is 5.32 Å². The van der Waals surface area contributed by atoms with Gasteiger partial charge in [0.2, 0.25) is 0 Å². The molecule has 0 spiro atoms. The van der Waals surface area contributed by atoms with Crippen molar-refractivity contribution in [3.05, 3.63) is 23.8 Å².